The van der Waals surface area contributed by atoms with E-state index in [-0.39, 0.29) is 16.8 Å². The van der Waals surface area contributed by atoms with Crippen molar-refractivity contribution in [3.05, 3.63) is 17.0 Å². The number of hydrogen-bond acceptors (Lipinski definition) is 4. The molecule has 1 aromatic heterocycles. The molecule has 0 radical (unpaired) electrons. The number of nitrogens with zero attached hydrogens (tertiary/aromatic N) is 2. The molecule has 0 fully saturated rings. The zero-order chi connectivity index (χ0) is 10.6. The van der Waals surface area contributed by atoms with Gasteiger partial charge in [-0.2, -0.15) is 0 Å². The Morgan fingerprint density at radius 3 is 3.00 bits per heavy atom. The van der Waals surface area contributed by atoms with Crippen LogP contribution >= 0.6 is 11.6 Å². The quantitative estimate of drug-likeness (QED) is 0.464. The molecule has 0 spiro atoms. The molecule has 14 heavy (non-hydrogen) atoms. The van der Waals surface area contributed by atoms with Crippen LogP contribution in [0.25, 0.3) is 0 Å². The second kappa shape index (κ2) is 4.58. The Morgan fingerprint density at radius 2 is 2.43 bits per heavy atom. The van der Waals surface area contributed by atoms with Gasteiger partial charge in [-0.1, -0.05) is 17.5 Å². The van der Waals surface area contributed by atoms with E-state index in [1.165, 1.54) is 6.33 Å². The fourth-order valence-electron chi connectivity index (χ4n) is 0.840. The first-order valence-corrected chi connectivity index (χ1v) is 4.25. The monoisotopic (exact) mass is 209 g/mol. The molecule has 0 saturated heterocycles. The van der Waals surface area contributed by atoms with E-state index in [0.717, 1.165) is 0 Å². The molecule has 0 bridgehead atoms. The van der Waals surface area contributed by atoms with E-state index in [4.69, 9.17) is 18.0 Å². The van der Waals surface area contributed by atoms with Crippen molar-refractivity contribution in [3.63, 3.8) is 0 Å². The lowest BCUT2D eigenvalue weighted by atomic mass is 10.3. The molecule has 1 atom stereocenters. The highest BCUT2D eigenvalue weighted by atomic mass is 35.5. The third kappa shape index (κ3) is 2.21. The SMILES string of the molecule is C#CC(C)Nc1ncnc(Cl)c1C=O. The average molecular weight is 210 g/mol. The minimum absolute atomic E-state index is 0.113. The number of halogens is 1. The number of terminal acetylenes is 1. The van der Waals surface area contributed by atoms with Crippen LogP contribution in [0.15, 0.2) is 6.33 Å². The summed E-state index contributed by atoms with van der Waals surface area (Å²) in [6.07, 6.45) is 7.03. The summed E-state index contributed by atoms with van der Waals surface area (Å²) in [5.74, 6) is 2.81. The van der Waals surface area contributed by atoms with Crippen molar-refractivity contribution in [3.8, 4) is 12.3 Å². The normalized spacial score (nSPS) is 11.5. The van der Waals surface area contributed by atoms with Crippen molar-refractivity contribution in [1.82, 2.24) is 9.97 Å². The first kappa shape index (κ1) is 10.5. The van der Waals surface area contributed by atoms with Gasteiger partial charge in [0.2, 0.25) is 0 Å². The molecule has 0 aliphatic heterocycles. The fraction of sp³-hybridized carbons (Fsp3) is 0.222. The number of rotatable bonds is 3. The van der Waals surface area contributed by atoms with Gasteiger partial charge in [-0.15, -0.1) is 6.42 Å². The second-order valence-corrected chi connectivity index (χ2v) is 2.94. The molecule has 0 saturated carbocycles. The average Bonchev–Trinajstić information content (AvgIpc) is 2.18. The van der Waals surface area contributed by atoms with Crippen LogP contribution in [-0.2, 0) is 0 Å². The van der Waals surface area contributed by atoms with Crippen LogP contribution < -0.4 is 5.32 Å². The van der Waals surface area contributed by atoms with E-state index < -0.39 is 0 Å². The number of hydrogen-bond donors (Lipinski definition) is 1. The highest BCUT2D eigenvalue weighted by Gasteiger charge is 2.09. The van der Waals surface area contributed by atoms with Crippen molar-refractivity contribution in [2.24, 2.45) is 0 Å². The molecule has 0 amide bonds. The van der Waals surface area contributed by atoms with Crippen LogP contribution in [-0.4, -0.2) is 22.3 Å². The van der Waals surface area contributed by atoms with E-state index in [0.29, 0.717) is 12.1 Å². The number of carbonyl (C=O) groups excluding carboxylic acids is 1. The molecule has 5 heteroatoms. The second-order valence-electron chi connectivity index (χ2n) is 2.58. The van der Waals surface area contributed by atoms with E-state index in [1.54, 1.807) is 6.92 Å². The summed E-state index contributed by atoms with van der Waals surface area (Å²) in [6.45, 7) is 1.77. The predicted molar refractivity (Wildman–Crippen MR) is 54.3 cm³/mol. The minimum atomic E-state index is -0.223. The van der Waals surface area contributed by atoms with E-state index in [2.05, 4.69) is 21.2 Å². The molecule has 1 rings (SSSR count). The first-order valence-electron chi connectivity index (χ1n) is 3.87. The van der Waals surface area contributed by atoms with Gasteiger partial charge in [0.1, 0.15) is 17.3 Å². The smallest absolute Gasteiger partial charge is 0.156 e. The van der Waals surface area contributed by atoms with E-state index >= 15 is 0 Å². The van der Waals surface area contributed by atoms with Gasteiger partial charge in [0.05, 0.1) is 11.6 Å². The van der Waals surface area contributed by atoms with Gasteiger partial charge in [-0.05, 0) is 6.92 Å². The van der Waals surface area contributed by atoms with Gasteiger partial charge in [-0.25, -0.2) is 9.97 Å². The maximum absolute atomic E-state index is 10.7. The summed E-state index contributed by atoms with van der Waals surface area (Å²) in [5, 5.41) is 2.96. The predicted octanol–water partition coefficient (Wildman–Crippen LogP) is 1.38. The lowest BCUT2D eigenvalue weighted by molar-refractivity contribution is 0.112. The Hall–Kier alpha value is -1.60. The van der Waals surface area contributed by atoms with Crippen LogP contribution in [0, 0.1) is 12.3 Å². The maximum Gasteiger partial charge on any atom is 0.156 e. The highest BCUT2D eigenvalue weighted by Crippen LogP contribution is 2.17. The molecule has 0 aliphatic rings. The maximum atomic E-state index is 10.7. The number of aldehydes is 1. The Labute approximate surface area is 86.7 Å². The van der Waals surface area contributed by atoms with E-state index in [9.17, 15) is 4.79 Å². The van der Waals surface area contributed by atoms with Gasteiger partial charge >= 0.3 is 0 Å². The van der Waals surface area contributed by atoms with Gasteiger partial charge in [0, 0.05) is 0 Å². The third-order valence-corrected chi connectivity index (χ3v) is 1.86. The molecule has 1 unspecified atom stereocenters. The number of aromatic nitrogens is 2. The third-order valence-electron chi connectivity index (χ3n) is 1.56. The Kier molecular flexibility index (Phi) is 3.43. The van der Waals surface area contributed by atoms with E-state index in [1.807, 2.05) is 0 Å². The molecule has 1 aromatic rings. The number of anilines is 1. The largest absolute Gasteiger partial charge is 0.356 e. The zero-order valence-corrected chi connectivity index (χ0v) is 8.25. The molecular weight excluding hydrogens is 202 g/mol. The highest BCUT2D eigenvalue weighted by molar-refractivity contribution is 6.32. The van der Waals surface area contributed by atoms with Gasteiger partial charge < -0.3 is 5.32 Å². The number of carbonyl (C=O) groups is 1. The summed E-state index contributed by atoms with van der Waals surface area (Å²) >= 11 is 5.68. The summed E-state index contributed by atoms with van der Waals surface area (Å²) in [4.78, 5) is 18.2. The van der Waals surface area contributed by atoms with Crippen molar-refractivity contribution in [2.75, 3.05) is 5.32 Å². The molecular formula is C9H8ClN3O. The van der Waals surface area contributed by atoms with Crippen LogP contribution in [0.5, 0.6) is 0 Å². The van der Waals surface area contributed by atoms with Crippen molar-refractivity contribution in [2.45, 2.75) is 13.0 Å². The fourth-order valence-corrected chi connectivity index (χ4v) is 1.02. The summed E-state index contributed by atoms with van der Waals surface area (Å²) in [7, 11) is 0. The molecule has 0 aromatic carbocycles. The Balaban J connectivity index is 3.03. The Morgan fingerprint density at radius 1 is 1.71 bits per heavy atom. The van der Waals surface area contributed by atoms with Crippen molar-refractivity contribution >= 4 is 23.7 Å². The molecule has 4 nitrogen and oxygen atoms in total. The zero-order valence-electron chi connectivity index (χ0n) is 7.49. The van der Waals surface area contributed by atoms with Crippen molar-refractivity contribution < 1.29 is 4.79 Å². The molecule has 0 aliphatic carbocycles. The molecule has 72 valence electrons. The summed E-state index contributed by atoms with van der Waals surface area (Å²) in [6, 6.07) is -0.223. The lowest BCUT2D eigenvalue weighted by Gasteiger charge is -2.09. The summed E-state index contributed by atoms with van der Waals surface area (Å²) in [5.41, 5.74) is 0.219. The number of nitrogens with one attached hydrogen (secondary N) is 1. The van der Waals surface area contributed by atoms with Crippen LogP contribution in [0.2, 0.25) is 5.15 Å². The Bertz CT molecular complexity index is 386. The van der Waals surface area contributed by atoms with Gasteiger partial charge in [0.25, 0.3) is 0 Å². The standard InChI is InChI=1S/C9H8ClN3O/c1-3-6(2)13-9-7(4-14)8(10)11-5-12-9/h1,4-6H,2H3,(H,11,12,13). The lowest BCUT2D eigenvalue weighted by Crippen LogP contribution is -2.15. The van der Waals surface area contributed by atoms with Crippen LogP contribution in [0.1, 0.15) is 17.3 Å². The molecule has 1 heterocycles. The molecule has 1 N–H and O–H groups in total. The first-order chi connectivity index (χ1) is 6.69. The van der Waals surface area contributed by atoms with Crippen molar-refractivity contribution in [1.29, 1.82) is 0 Å². The van der Waals surface area contributed by atoms with Gasteiger partial charge in [-0.3, -0.25) is 4.79 Å². The van der Waals surface area contributed by atoms with Crippen LogP contribution in [0.4, 0.5) is 5.82 Å². The minimum Gasteiger partial charge on any atom is -0.356 e. The van der Waals surface area contributed by atoms with Gasteiger partial charge in [0.15, 0.2) is 6.29 Å². The topological polar surface area (TPSA) is 54.9 Å². The summed E-state index contributed by atoms with van der Waals surface area (Å²) < 4.78 is 0. The van der Waals surface area contributed by atoms with Crippen LogP contribution in [0.3, 0.4) is 0 Å².